The lowest BCUT2D eigenvalue weighted by molar-refractivity contribution is -0.0632. The second kappa shape index (κ2) is 10.1. The number of halogens is 1. The number of rotatable bonds is 6. The minimum Gasteiger partial charge on any atom is -0.493 e. The number of aromatic nitrogens is 2. The molecule has 1 saturated carbocycles. The van der Waals surface area contributed by atoms with Crippen molar-refractivity contribution >= 4 is 33.2 Å². The zero-order valence-corrected chi connectivity index (χ0v) is 22.0. The molecule has 192 valence electrons. The molecule has 4 aromatic rings. The van der Waals surface area contributed by atoms with E-state index in [1.807, 2.05) is 48.5 Å². The summed E-state index contributed by atoms with van der Waals surface area (Å²) in [7, 11) is 1.60. The maximum atomic E-state index is 13.4. The van der Waals surface area contributed by atoms with Crippen molar-refractivity contribution in [3.8, 4) is 27.8 Å². The molecule has 2 aromatic heterocycles. The van der Waals surface area contributed by atoms with E-state index in [9.17, 15) is 9.90 Å². The van der Waals surface area contributed by atoms with Crippen LogP contribution in [-0.4, -0.2) is 58.0 Å². The zero-order chi connectivity index (χ0) is 25.5. The van der Waals surface area contributed by atoms with Gasteiger partial charge in [0.25, 0.3) is 5.56 Å². The minimum absolute atomic E-state index is 0.0523. The van der Waals surface area contributed by atoms with E-state index in [0.29, 0.717) is 32.4 Å². The van der Waals surface area contributed by atoms with Crippen molar-refractivity contribution in [2.75, 3.05) is 20.2 Å². The van der Waals surface area contributed by atoms with E-state index in [1.54, 1.807) is 17.9 Å². The van der Waals surface area contributed by atoms with Gasteiger partial charge >= 0.3 is 0 Å². The molecule has 37 heavy (non-hydrogen) atoms. The average Bonchev–Trinajstić information content (AvgIpc) is 3.33. The number of hydrogen-bond acceptors (Lipinski definition) is 7. The maximum absolute atomic E-state index is 13.4. The fraction of sp³-hybridized carbons (Fsp3) is 0.357. The number of methoxy groups -OCH3 is 1. The van der Waals surface area contributed by atoms with Gasteiger partial charge in [-0.2, -0.15) is 0 Å². The van der Waals surface area contributed by atoms with Crippen molar-refractivity contribution in [1.82, 2.24) is 14.5 Å². The van der Waals surface area contributed by atoms with Crippen molar-refractivity contribution in [1.29, 1.82) is 0 Å². The normalized spacial score (nSPS) is 20.6. The van der Waals surface area contributed by atoms with E-state index in [-0.39, 0.29) is 23.8 Å². The molecular weight excluding hydrogens is 510 g/mol. The third-order valence-corrected chi connectivity index (χ3v) is 8.66. The summed E-state index contributed by atoms with van der Waals surface area (Å²) in [6, 6.07) is 15.1. The Morgan fingerprint density at radius 2 is 1.84 bits per heavy atom. The number of fused-ring (bicyclic) bond motifs is 1. The quantitative estimate of drug-likeness (QED) is 0.367. The molecule has 2 aliphatic rings. The Bertz CT molecular complexity index is 1480. The summed E-state index contributed by atoms with van der Waals surface area (Å²) in [5, 5.41) is 11.8. The second-order valence-corrected chi connectivity index (χ2v) is 11.1. The Morgan fingerprint density at radius 3 is 2.59 bits per heavy atom. The standard InChI is InChI=1S/C28H28ClN3O4S/c1-35-25-14-19(10-11-24(25)36-20-15-31(16-20)22-4-2-3-5-23(22)33)32-13-12-21-26(28(32)34)37-27(30-21)17-6-8-18(29)9-7-17/h6-14,20,22-23,33H,2-5,15-16H2,1H3. The molecule has 2 aromatic carbocycles. The average molecular weight is 538 g/mol. The van der Waals surface area contributed by atoms with Crippen LogP contribution in [0.2, 0.25) is 5.02 Å². The molecule has 6 rings (SSSR count). The van der Waals surface area contributed by atoms with Gasteiger partial charge in [-0.1, -0.05) is 36.6 Å². The topological polar surface area (TPSA) is 76.8 Å². The molecule has 2 fully saturated rings. The molecule has 0 amide bonds. The Hall–Kier alpha value is -2.91. The van der Waals surface area contributed by atoms with Gasteiger partial charge in [-0.05, 0) is 43.2 Å². The number of benzene rings is 2. The second-order valence-electron chi connectivity index (χ2n) is 9.68. The number of thiazole rings is 1. The smallest absolute Gasteiger partial charge is 0.274 e. The minimum atomic E-state index is -0.236. The van der Waals surface area contributed by atoms with Crippen LogP contribution in [0.15, 0.2) is 59.5 Å². The van der Waals surface area contributed by atoms with Crippen molar-refractivity contribution in [3.05, 3.63) is 70.1 Å². The first kappa shape index (κ1) is 24.4. The number of aliphatic hydroxyl groups is 1. The number of nitrogens with zero attached hydrogens (tertiary/aromatic N) is 3. The van der Waals surface area contributed by atoms with E-state index >= 15 is 0 Å². The highest BCUT2D eigenvalue weighted by Gasteiger charge is 2.38. The Kier molecular flexibility index (Phi) is 6.67. The number of pyridine rings is 1. The molecule has 1 saturated heterocycles. The third-order valence-electron chi connectivity index (χ3n) is 7.30. The molecule has 1 aliphatic heterocycles. The predicted octanol–water partition coefficient (Wildman–Crippen LogP) is 5.14. The van der Waals surface area contributed by atoms with Gasteiger partial charge in [-0.3, -0.25) is 14.3 Å². The molecule has 1 N–H and O–H groups in total. The number of aliphatic hydroxyl groups excluding tert-OH is 1. The molecular formula is C28H28ClN3O4S. The van der Waals surface area contributed by atoms with Gasteiger partial charge in [0.2, 0.25) is 0 Å². The van der Waals surface area contributed by atoms with Crippen LogP contribution in [0.4, 0.5) is 0 Å². The van der Waals surface area contributed by atoms with E-state index < -0.39 is 0 Å². The number of hydrogen-bond donors (Lipinski definition) is 1. The summed E-state index contributed by atoms with van der Waals surface area (Å²) in [5.74, 6) is 1.23. The molecule has 3 heterocycles. The van der Waals surface area contributed by atoms with Gasteiger partial charge in [0.1, 0.15) is 15.8 Å². The molecule has 2 unspecified atom stereocenters. The van der Waals surface area contributed by atoms with E-state index in [0.717, 1.165) is 42.9 Å². The molecule has 0 spiro atoms. The SMILES string of the molecule is COc1cc(-n2ccc3nc(-c4ccc(Cl)cc4)sc3c2=O)ccc1OC1CN(C2CCCCC2O)C1. The van der Waals surface area contributed by atoms with Crippen molar-refractivity contribution in [3.63, 3.8) is 0 Å². The fourth-order valence-corrected chi connectivity index (χ4v) is 6.38. The first-order chi connectivity index (χ1) is 18.0. The Morgan fingerprint density at radius 1 is 1.05 bits per heavy atom. The van der Waals surface area contributed by atoms with Crippen LogP contribution in [-0.2, 0) is 0 Å². The lowest BCUT2D eigenvalue weighted by atomic mass is 9.89. The van der Waals surface area contributed by atoms with Crippen LogP contribution in [0, 0.1) is 0 Å². The van der Waals surface area contributed by atoms with Gasteiger partial charge in [0, 0.05) is 42.0 Å². The van der Waals surface area contributed by atoms with Crippen LogP contribution in [0.25, 0.3) is 26.5 Å². The lowest BCUT2D eigenvalue weighted by Gasteiger charge is -2.46. The summed E-state index contributed by atoms with van der Waals surface area (Å²) in [4.78, 5) is 20.3. The molecule has 0 bridgehead atoms. The van der Waals surface area contributed by atoms with Gasteiger partial charge < -0.3 is 14.6 Å². The molecule has 9 heteroatoms. The van der Waals surface area contributed by atoms with Crippen LogP contribution < -0.4 is 15.0 Å². The first-order valence-electron chi connectivity index (χ1n) is 12.6. The highest BCUT2D eigenvalue weighted by molar-refractivity contribution is 7.21. The van der Waals surface area contributed by atoms with Gasteiger partial charge in [-0.25, -0.2) is 4.98 Å². The van der Waals surface area contributed by atoms with Gasteiger partial charge in [-0.15, -0.1) is 11.3 Å². The first-order valence-corrected chi connectivity index (χ1v) is 13.7. The van der Waals surface area contributed by atoms with Crippen molar-refractivity contribution < 1.29 is 14.6 Å². The predicted molar refractivity (Wildman–Crippen MR) is 146 cm³/mol. The summed E-state index contributed by atoms with van der Waals surface area (Å²) >= 11 is 7.38. The van der Waals surface area contributed by atoms with Gasteiger partial charge in [0.05, 0.1) is 24.4 Å². The van der Waals surface area contributed by atoms with E-state index in [4.69, 9.17) is 21.1 Å². The molecule has 0 radical (unpaired) electrons. The summed E-state index contributed by atoms with van der Waals surface area (Å²) in [6.07, 6.45) is 5.77. The summed E-state index contributed by atoms with van der Waals surface area (Å²) in [6.45, 7) is 1.59. The molecule has 7 nitrogen and oxygen atoms in total. The van der Waals surface area contributed by atoms with Crippen LogP contribution >= 0.6 is 22.9 Å². The number of likely N-dealkylation sites (tertiary alicyclic amines) is 1. The fourth-order valence-electron chi connectivity index (χ4n) is 5.26. The van der Waals surface area contributed by atoms with Crippen LogP contribution in [0.3, 0.4) is 0 Å². The highest BCUT2D eigenvalue weighted by atomic mass is 35.5. The van der Waals surface area contributed by atoms with Crippen LogP contribution in [0.5, 0.6) is 11.5 Å². The Balaban J connectivity index is 1.21. The van der Waals surface area contributed by atoms with Crippen molar-refractivity contribution in [2.45, 2.75) is 43.9 Å². The highest BCUT2D eigenvalue weighted by Crippen LogP contribution is 2.34. The summed E-state index contributed by atoms with van der Waals surface area (Å²) in [5.41, 5.74) is 2.15. The zero-order valence-electron chi connectivity index (χ0n) is 20.5. The number of ether oxygens (including phenoxy) is 2. The van der Waals surface area contributed by atoms with Crippen LogP contribution in [0.1, 0.15) is 25.7 Å². The molecule has 1 aliphatic carbocycles. The Labute approximate surface area is 223 Å². The van der Waals surface area contributed by atoms with E-state index in [1.165, 1.54) is 17.8 Å². The van der Waals surface area contributed by atoms with E-state index in [2.05, 4.69) is 9.88 Å². The maximum Gasteiger partial charge on any atom is 0.274 e. The van der Waals surface area contributed by atoms with Gasteiger partial charge in [0.15, 0.2) is 11.5 Å². The van der Waals surface area contributed by atoms with Crippen molar-refractivity contribution in [2.24, 2.45) is 0 Å². The monoisotopic (exact) mass is 537 g/mol. The lowest BCUT2D eigenvalue weighted by Crippen LogP contribution is -2.61. The third kappa shape index (κ3) is 4.75. The summed E-state index contributed by atoms with van der Waals surface area (Å²) < 4.78 is 14.0. The molecule has 2 atom stereocenters. The largest absolute Gasteiger partial charge is 0.493 e.